The molecule has 0 aromatic carbocycles. The number of hydrogen-bond donors (Lipinski definition) is 2. The zero-order valence-electron chi connectivity index (χ0n) is 10.8. The van der Waals surface area contributed by atoms with Crippen molar-refractivity contribution in [2.45, 2.75) is 57.4 Å². The molecule has 0 unspecified atom stereocenters. The molecule has 0 aromatic rings. The summed E-state index contributed by atoms with van der Waals surface area (Å²) in [7, 11) is 0. The van der Waals surface area contributed by atoms with Gasteiger partial charge in [-0.05, 0) is 39.5 Å². The highest BCUT2D eigenvalue weighted by molar-refractivity contribution is 5.82. The molecule has 0 radical (unpaired) electrons. The first kappa shape index (κ1) is 13.1. The Morgan fingerprint density at radius 3 is 2.39 bits per heavy atom. The molecule has 1 heterocycles. The van der Waals surface area contributed by atoms with Crippen LogP contribution < -0.4 is 0 Å². The van der Waals surface area contributed by atoms with Gasteiger partial charge in [-0.3, -0.25) is 4.90 Å². The molecule has 2 rings (SSSR count). The van der Waals surface area contributed by atoms with Crippen molar-refractivity contribution < 1.29 is 24.5 Å². The molecule has 6 heteroatoms. The summed E-state index contributed by atoms with van der Waals surface area (Å²) in [6, 6.07) is -1.29. The lowest BCUT2D eigenvalue weighted by Crippen LogP contribution is -2.54. The Kier molecular flexibility index (Phi) is 3.01. The Bertz CT molecular complexity index is 375. The average Bonchev–Trinajstić information content (AvgIpc) is 2.69. The Morgan fingerprint density at radius 2 is 1.89 bits per heavy atom. The number of ether oxygens (including phenoxy) is 1. The van der Waals surface area contributed by atoms with Gasteiger partial charge in [-0.2, -0.15) is 0 Å². The Morgan fingerprint density at radius 1 is 1.28 bits per heavy atom. The molecule has 1 saturated carbocycles. The first-order valence-corrected chi connectivity index (χ1v) is 6.13. The van der Waals surface area contributed by atoms with Crippen molar-refractivity contribution in [3.8, 4) is 0 Å². The second kappa shape index (κ2) is 4.12. The molecular weight excluding hydrogens is 238 g/mol. The van der Waals surface area contributed by atoms with Crippen molar-refractivity contribution in [3.05, 3.63) is 0 Å². The van der Waals surface area contributed by atoms with Crippen LogP contribution in [0.1, 0.15) is 33.6 Å². The van der Waals surface area contributed by atoms with Gasteiger partial charge in [0.15, 0.2) is 0 Å². The van der Waals surface area contributed by atoms with Crippen LogP contribution in [0.5, 0.6) is 0 Å². The number of nitrogens with zero attached hydrogens (tertiary/aromatic N) is 1. The molecule has 18 heavy (non-hydrogen) atoms. The van der Waals surface area contributed by atoms with E-state index in [1.807, 2.05) is 0 Å². The van der Waals surface area contributed by atoms with Crippen molar-refractivity contribution in [2.24, 2.45) is 5.92 Å². The van der Waals surface area contributed by atoms with Gasteiger partial charge in [0.25, 0.3) is 0 Å². The smallest absolute Gasteiger partial charge is 0.411 e. The molecule has 2 aliphatic rings. The lowest BCUT2D eigenvalue weighted by molar-refractivity contribution is -0.146. The second-order valence-corrected chi connectivity index (χ2v) is 6.04. The minimum Gasteiger partial charge on any atom is -0.480 e. The third-order valence-corrected chi connectivity index (χ3v) is 3.49. The summed E-state index contributed by atoms with van der Waals surface area (Å²) in [4.78, 5) is 24.5. The van der Waals surface area contributed by atoms with Crippen LogP contribution in [0.2, 0.25) is 0 Å². The van der Waals surface area contributed by atoms with Crippen LogP contribution in [0.3, 0.4) is 0 Å². The van der Waals surface area contributed by atoms with Gasteiger partial charge in [-0.1, -0.05) is 0 Å². The van der Waals surface area contributed by atoms with Crippen molar-refractivity contribution in [1.82, 2.24) is 4.90 Å². The van der Waals surface area contributed by atoms with Crippen molar-refractivity contribution in [2.75, 3.05) is 0 Å². The SMILES string of the molecule is CC(C)(C)OC(=O)N1[C@@H]2C[C@@H](C[C@H]2O)[C@@H]1C(=O)O. The molecule has 2 bridgehead atoms. The zero-order valence-corrected chi connectivity index (χ0v) is 10.8. The normalized spacial score (nSPS) is 34.8. The highest BCUT2D eigenvalue weighted by Gasteiger charge is 2.56. The van der Waals surface area contributed by atoms with Gasteiger partial charge >= 0.3 is 12.1 Å². The number of likely N-dealkylation sites (tertiary alicyclic amines) is 1. The molecule has 0 aromatic heterocycles. The second-order valence-electron chi connectivity index (χ2n) is 6.04. The van der Waals surface area contributed by atoms with E-state index in [-0.39, 0.29) is 5.92 Å². The zero-order chi connectivity index (χ0) is 13.7. The van der Waals surface area contributed by atoms with Crippen LogP contribution in [-0.4, -0.2) is 51.0 Å². The number of aliphatic hydroxyl groups excluding tert-OH is 1. The van der Waals surface area contributed by atoms with E-state index in [2.05, 4.69) is 0 Å². The van der Waals surface area contributed by atoms with Gasteiger partial charge < -0.3 is 14.9 Å². The lowest BCUT2D eigenvalue weighted by Gasteiger charge is -2.36. The van der Waals surface area contributed by atoms with Crippen molar-refractivity contribution in [1.29, 1.82) is 0 Å². The molecule has 1 saturated heterocycles. The molecular formula is C12H19NO5. The molecule has 1 aliphatic heterocycles. The fourth-order valence-electron chi connectivity index (χ4n) is 2.91. The number of rotatable bonds is 1. The predicted octanol–water partition coefficient (Wildman–Crippen LogP) is 0.830. The van der Waals surface area contributed by atoms with Gasteiger partial charge in [0, 0.05) is 0 Å². The number of carboxylic acids is 1. The van der Waals surface area contributed by atoms with Crippen molar-refractivity contribution in [3.63, 3.8) is 0 Å². The van der Waals surface area contributed by atoms with E-state index in [1.54, 1.807) is 20.8 Å². The summed E-state index contributed by atoms with van der Waals surface area (Å²) in [5.74, 6) is -1.20. The van der Waals surface area contributed by atoms with E-state index in [1.165, 1.54) is 4.90 Å². The first-order valence-electron chi connectivity index (χ1n) is 6.13. The fraction of sp³-hybridized carbons (Fsp3) is 0.833. The van der Waals surface area contributed by atoms with Crippen molar-refractivity contribution >= 4 is 12.1 Å². The number of carbonyl (C=O) groups excluding carboxylic acids is 1. The number of carboxylic acid groups (broad SMARTS) is 1. The average molecular weight is 257 g/mol. The van der Waals surface area contributed by atoms with Gasteiger partial charge in [0.05, 0.1) is 12.1 Å². The molecule has 1 amide bonds. The number of fused-ring (bicyclic) bond motifs is 2. The largest absolute Gasteiger partial charge is 0.480 e. The van der Waals surface area contributed by atoms with E-state index >= 15 is 0 Å². The fourth-order valence-corrected chi connectivity index (χ4v) is 2.91. The third kappa shape index (κ3) is 2.16. The number of piperidine rings is 1. The first-order chi connectivity index (χ1) is 8.20. The van der Waals surface area contributed by atoms with Crippen LogP contribution >= 0.6 is 0 Å². The minimum atomic E-state index is -1.03. The van der Waals surface area contributed by atoms with E-state index in [0.717, 1.165) is 0 Å². The molecule has 2 fully saturated rings. The topological polar surface area (TPSA) is 87.1 Å². The van der Waals surface area contributed by atoms with Crippen LogP contribution in [0, 0.1) is 5.92 Å². The third-order valence-electron chi connectivity index (χ3n) is 3.49. The Labute approximate surface area is 106 Å². The molecule has 1 aliphatic carbocycles. The molecule has 0 spiro atoms. The summed E-state index contributed by atoms with van der Waals surface area (Å²) >= 11 is 0. The molecule has 102 valence electrons. The highest BCUT2D eigenvalue weighted by atomic mass is 16.6. The van der Waals surface area contributed by atoms with Crippen LogP contribution in [0.15, 0.2) is 0 Å². The molecule has 4 atom stereocenters. The lowest BCUT2D eigenvalue weighted by atomic mass is 9.98. The Hall–Kier alpha value is -1.30. The molecule has 2 N–H and O–H groups in total. The number of aliphatic hydroxyl groups is 1. The van der Waals surface area contributed by atoms with Gasteiger partial charge in [-0.25, -0.2) is 9.59 Å². The summed E-state index contributed by atoms with van der Waals surface area (Å²) in [6.07, 6.45) is -0.308. The standard InChI is InChI=1S/C12H19NO5/c1-12(2,3)18-11(17)13-7-4-6(5-8(7)14)9(13)10(15)16/h6-9,14H,4-5H2,1-3H3,(H,15,16)/t6-,7+,8+,9+/m0/s1. The van der Waals surface area contributed by atoms with Gasteiger partial charge in [-0.15, -0.1) is 0 Å². The maximum Gasteiger partial charge on any atom is 0.411 e. The van der Waals surface area contributed by atoms with Crippen LogP contribution in [-0.2, 0) is 9.53 Å². The maximum absolute atomic E-state index is 12.0. The van der Waals surface area contributed by atoms with Gasteiger partial charge in [0.1, 0.15) is 11.6 Å². The number of amides is 1. The number of hydrogen-bond acceptors (Lipinski definition) is 4. The monoisotopic (exact) mass is 257 g/mol. The predicted molar refractivity (Wildman–Crippen MR) is 62.0 cm³/mol. The summed E-state index contributed by atoms with van der Waals surface area (Å²) < 4.78 is 5.22. The quantitative estimate of drug-likeness (QED) is 0.726. The highest BCUT2D eigenvalue weighted by Crippen LogP contribution is 2.43. The minimum absolute atomic E-state index is 0.171. The summed E-state index contributed by atoms with van der Waals surface area (Å²) in [6.45, 7) is 5.18. The van der Waals surface area contributed by atoms with E-state index in [4.69, 9.17) is 4.74 Å². The molecule has 6 nitrogen and oxygen atoms in total. The van der Waals surface area contributed by atoms with Crippen LogP contribution in [0.4, 0.5) is 4.79 Å². The van der Waals surface area contributed by atoms with E-state index in [0.29, 0.717) is 12.8 Å². The number of carbonyl (C=O) groups is 2. The van der Waals surface area contributed by atoms with E-state index in [9.17, 15) is 19.8 Å². The van der Waals surface area contributed by atoms with Gasteiger partial charge in [0.2, 0.25) is 0 Å². The maximum atomic E-state index is 12.0. The van der Waals surface area contributed by atoms with Crippen LogP contribution in [0.25, 0.3) is 0 Å². The summed E-state index contributed by atoms with van der Waals surface area (Å²) in [5.41, 5.74) is -0.674. The number of aliphatic carboxylic acids is 1. The Balaban J connectivity index is 2.19. The van der Waals surface area contributed by atoms with E-state index < -0.39 is 35.9 Å². The summed E-state index contributed by atoms with van der Waals surface area (Å²) in [5, 5.41) is 19.0.